The van der Waals surface area contributed by atoms with Gasteiger partial charge in [-0.25, -0.2) is 13.1 Å². The lowest BCUT2D eigenvalue weighted by Gasteiger charge is -2.27. The molecule has 3 aromatic carbocycles. The number of ether oxygens (including phenoxy) is 1. The van der Waals surface area contributed by atoms with Crippen LogP contribution in [0.1, 0.15) is 17.5 Å². The van der Waals surface area contributed by atoms with Gasteiger partial charge in [-0.15, -0.1) is 0 Å². The summed E-state index contributed by atoms with van der Waals surface area (Å²) in [7, 11) is -2.60. The van der Waals surface area contributed by atoms with E-state index < -0.39 is 21.5 Å². The van der Waals surface area contributed by atoms with Crippen molar-refractivity contribution in [3.05, 3.63) is 96.1 Å². The zero-order chi connectivity index (χ0) is 21.9. The molecule has 0 atom stereocenters. The zero-order valence-corrected chi connectivity index (χ0v) is 17.5. The fourth-order valence-electron chi connectivity index (χ4n) is 3.44. The van der Waals surface area contributed by atoms with E-state index >= 15 is 0 Å². The number of benzene rings is 3. The van der Waals surface area contributed by atoms with Crippen molar-refractivity contribution in [2.45, 2.75) is 16.9 Å². The first kappa shape index (κ1) is 20.6. The predicted octanol–water partition coefficient (Wildman–Crippen LogP) is 3.22. The minimum atomic E-state index is -4.08. The average Bonchev–Trinajstić information content (AvgIpc) is 3.27. The molecule has 1 aliphatic heterocycles. The lowest BCUT2D eigenvalue weighted by molar-refractivity contribution is -0.113. The molecule has 8 heteroatoms. The Hall–Kier alpha value is -3.65. The van der Waals surface area contributed by atoms with Crippen LogP contribution in [-0.2, 0) is 25.3 Å². The molecule has 0 fully saturated rings. The molecule has 3 aromatic rings. The number of hydrogen-bond acceptors (Lipinski definition) is 6. The summed E-state index contributed by atoms with van der Waals surface area (Å²) >= 11 is 0. The molecule has 0 radical (unpaired) electrons. The Morgan fingerprint density at radius 2 is 1.48 bits per heavy atom. The van der Waals surface area contributed by atoms with Crippen molar-refractivity contribution >= 4 is 21.6 Å². The SMILES string of the molecule is COc1ccc(S(=O)(=O)NC(=O)C2=NOC(c3ccccc3)(c3ccccc3)C2)cc1. The lowest BCUT2D eigenvalue weighted by atomic mass is 9.82. The van der Waals surface area contributed by atoms with Gasteiger partial charge in [0.1, 0.15) is 5.75 Å². The van der Waals surface area contributed by atoms with Crippen LogP contribution in [0, 0.1) is 0 Å². The Balaban J connectivity index is 1.59. The van der Waals surface area contributed by atoms with Gasteiger partial charge in [-0.1, -0.05) is 65.8 Å². The highest BCUT2D eigenvalue weighted by Gasteiger charge is 2.45. The normalized spacial score (nSPS) is 14.9. The number of carbonyl (C=O) groups is 1. The fourth-order valence-corrected chi connectivity index (χ4v) is 4.41. The van der Waals surface area contributed by atoms with Crippen molar-refractivity contribution < 1.29 is 22.8 Å². The van der Waals surface area contributed by atoms with Crippen molar-refractivity contribution in [2.24, 2.45) is 5.16 Å². The van der Waals surface area contributed by atoms with Crippen LogP contribution in [-0.4, -0.2) is 27.1 Å². The van der Waals surface area contributed by atoms with E-state index in [4.69, 9.17) is 9.57 Å². The number of hydrogen-bond donors (Lipinski definition) is 1. The van der Waals surface area contributed by atoms with E-state index in [1.165, 1.54) is 31.4 Å². The van der Waals surface area contributed by atoms with Crippen LogP contribution in [0.3, 0.4) is 0 Å². The summed E-state index contributed by atoms with van der Waals surface area (Å²) in [5, 5.41) is 3.97. The highest BCUT2D eigenvalue weighted by Crippen LogP contribution is 2.41. The molecule has 0 aromatic heterocycles. The summed E-state index contributed by atoms with van der Waals surface area (Å²) in [5.41, 5.74) is 0.598. The smallest absolute Gasteiger partial charge is 0.282 e. The topological polar surface area (TPSA) is 94.1 Å². The summed E-state index contributed by atoms with van der Waals surface area (Å²) in [6.07, 6.45) is 0.0883. The molecule has 4 rings (SSSR count). The van der Waals surface area contributed by atoms with E-state index in [1.807, 2.05) is 60.7 Å². The van der Waals surface area contributed by atoms with Gasteiger partial charge >= 0.3 is 0 Å². The number of carbonyl (C=O) groups excluding carboxylic acids is 1. The molecule has 0 unspecified atom stereocenters. The molecular formula is C23H20N2O5S. The first-order valence-electron chi connectivity index (χ1n) is 9.52. The second-order valence-corrected chi connectivity index (χ2v) is 8.66. The Labute approximate surface area is 180 Å². The van der Waals surface area contributed by atoms with Crippen molar-refractivity contribution in [3.8, 4) is 5.75 Å². The quantitative estimate of drug-likeness (QED) is 0.640. The van der Waals surface area contributed by atoms with E-state index in [9.17, 15) is 13.2 Å². The van der Waals surface area contributed by atoms with Gasteiger partial charge in [-0.2, -0.15) is 0 Å². The van der Waals surface area contributed by atoms with Crippen molar-refractivity contribution in [2.75, 3.05) is 7.11 Å². The van der Waals surface area contributed by atoms with Gasteiger partial charge < -0.3 is 9.57 Å². The fraction of sp³-hybridized carbons (Fsp3) is 0.130. The number of amides is 1. The molecule has 158 valence electrons. The molecular weight excluding hydrogens is 416 g/mol. The Morgan fingerprint density at radius 3 is 2.00 bits per heavy atom. The number of rotatable bonds is 6. The third-order valence-corrected chi connectivity index (χ3v) is 6.41. The first-order valence-corrected chi connectivity index (χ1v) is 11.0. The molecule has 0 saturated carbocycles. The number of oxime groups is 1. The van der Waals surface area contributed by atoms with E-state index in [-0.39, 0.29) is 17.0 Å². The van der Waals surface area contributed by atoms with Gasteiger partial charge in [-0.3, -0.25) is 4.79 Å². The summed E-state index contributed by atoms with van der Waals surface area (Å²) in [4.78, 5) is 18.5. The summed E-state index contributed by atoms with van der Waals surface area (Å²) in [6, 6.07) is 24.5. The third-order valence-electron chi connectivity index (χ3n) is 5.07. The van der Waals surface area contributed by atoms with Crippen molar-refractivity contribution in [3.63, 3.8) is 0 Å². The second kappa shape index (κ2) is 8.23. The van der Waals surface area contributed by atoms with Gasteiger partial charge in [0.25, 0.3) is 15.9 Å². The van der Waals surface area contributed by atoms with E-state index in [2.05, 4.69) is 9.88 Å². The molecule has 1 aliphatic rings. The summed E-state index contributed by atoms with van der Waals surface area (Å²) in [6.45, 7) is 0. The third kappa shape index (κ3) is 4.02. The first-order chi connectivity index (χ1) is 14.9. The molecule has 7 nitrogen and oxygen atoms in total. The van der Waals surface area contributed by atoms with E-state index in [0.717, 1.165) is 11.1 Å². The molecule has 31 heavy (non-hydrogen) atoms. The molecule has 0 bridgehead atoms. The van der Waals surface area contributed by atoms with Crippen LogP contribution in [0.4, 0.5) is 0 Å². The average molecular weight is 436 g/mol. The largest absolute Gasteiger partial charge is 0.497 e. The van der Waals surface area contributed by atoms with Crippen molar-refractivity contribution in [1.82, 2.24) is 4.72 Å². The van der Waals surface area contributed by atoms with Crippen LogP contribution in [0.15, 0.2) is 95.0 Å². The highest BCUT2D eigenvalue weighted by atomic mass is 32.2. The number of nitrogens with one attached hydrogen (secondary N) is 1. The maximum atomic E-state index is 12.8. The molecule has 1 N–H and O–H groups in total. The standard InChI is InChI=1S/C23H20N2O5S/c1-29-19-12-14-20(15-13-19)31(27,28)25-22(26)21-16-23(30-24-21,17-8-4-2-5-9-17)18-10-6-3-7-11-18/h2-15H,16H2,1H3,(H,25,26). The maximum absolute atomic E-state index is 12.8. The monoisotopic (exact) mass is 436 g/mol. The van der Waals surface area contributed by atoms with Gasteiger partial charge in [0.15, 0.2) is 11.3 Å². The Kier molecular flexibility index (Phi) is 5.48. The molecule has 1 heterocycles. The van der Waals surface area contributed by atoms with Crippen LogP contribution in [0.5, 0.6) is 5.75 Å². The van der Waals surface area contributed by atoms with Crippen LogP contribution < -0.4 is 9.46 Å². The van der Waals surface area contributed by atoms with Crippen LogP contribution >= 0.6 is 0 Å². The second-order valence-electron chi connectivity index (χ2n) is 6.98. The van der Waals surface area contributed by atoms with Crippen molar-refractivity contribution in [1.29, 1.82) is 0 Å². The van der Waals surface area contributed by atoms with Crippen LogP contribution in [0.2, 0.25) is 0 Å². The molecule has 0 aliphatic carbocycles. The van der Waals surface area contributed by atoms with Crippen LogP contribution in [0.25, 0.3) is 0 Å². The number of nitrogens with zero attached hydrogens (tertiary/aromatic N) is 1. The highest BCUT2D eigenvalue weighted by molar-refractivity contribution is 7.90. The summed E-state index contributed by atoms with van der Waals surface area (Å²) < 4.78 is 32.4. The lowest BCUT2D eigenvalue weighted by Crippen LogP contribution is -2.37. The van der Waals surface area contributed by atoms with E-state index in [0.29, 0.717) is 5.75 Å². The van der Waals surface area contributed by atoms with Gasteiger partial charge in [0, 0.05) is 11.1 Å². The van der Waals surface area contributed by atoms with E-state index in [1.54, 1.807) is 0 Å². The Morgan fingerprint density at radius 1 is 0.935 bits per heavy atom. The minimum absolute atomic E-state index is 0.00945. The minimum Gasteiger partial charge on any atom is -0.497 e. The summed E-state index contributed by atoms with van der Waals surface area (Å²) in [5.74, 6) is -0.320. The zero-order valence-electron chi connectivity index (χ0n) is 16.7. The van der Waals surface area contributed by atoms with Gasteiger partial charge in [0.2, 0.25) is 0 Å². The molecule has 0 saturated heterocycles. The Bertz CT molecular complexity index is 1170. The predicted molar refractivity (Wildman–Crippen MR) is 115 cm³/mol. The number of methoxy groups -OCH3 is 1. The molecule has 0 spiro atoms. The number of sulfonamides is 1. The maximum Gasteiger partial charge on any atom is 0.282 e. The molecule has 1 amide bonds. The van der Waals surface area contributed by atoms with Gasteiger partial charge in [-0.05, 0) is 24.3 Å². The van der Waals surface area contributed by atoms with Gasteiger partial charge in [0.05, 0.1) is 18.4 Å².